The average Bonchev–Trinajstić information content (AvgIpc) is 3.05. The van der Waals surface area contributed by atoms with Crippen LogP contribution in [0, 0.1) is 5.92 Å². The van der Waals surface area contributed by atoms with Crippen LogP contribution in [0.15, 0.2) is 53.5 Å². The minimum Gasteiger partial charge on any atom is -0.475 e. The highest BCUT2D eigenvalue weighted by atomic mass is 16.5. The largest absolute Gasteiger partial charge is 0.475 e. The van der Waals surface area contributed by atoms with E-state index in [1.165, 1.54) is 0 Å². The molecule has 0 saturated carbocycles. The molecule has 1 N–H and O–H groups in total. The molecule has 0 spiro atoms. The number of aliphatic hydroxyl groups excluding tert-OH is 1. The topological polar surface area (TPSA) is 41.8 Å². The molecule has 3 heteroatoms. The summed E-state index contributed by atoms with van der Waals surface area (Å²) in [6, 6.07) is 16.2. The Balaban J connectivity index is 2.07. The van der Waals surface area contributed by atoms with Crippen molar-refractivity contribution in [3.63, 3.8) is 0 Å². The first-order valence-electron chi connectivity index (χ1n) is 7.70. The Morgan fingerprint density at radius 1 is 1.05 bits per heavy atom. The van der Waals surface area contributed by atoms with Crippen molar-refractivity contribution < 1.29 is 9.84 Å². The molecule has 2 aromatic rings. The van der Waals surface area contributed by atoms with Crippen molar-refractivity contribution in [2.75, 3.05) is 6.61 Å². The maximum Gasteiger partial charge on any atom is 0.217 e. The molecule has 22 heavy (non-hydrogen) atoms. The van der Waals surface area contributed by atoms with Crippen molar-refractivity contribution in [1.29, 1.82) is 0 Å². The van der Waals surface area contributed by atoms with Gasteiger partial charge in [-0.1, -0.05) is 56.3 Å². The Morgan fingerprint density at radius 3 is 2.32 bits per heavy atom. The highest BCUT2D eigenvalue weighted by Crippen LogP contribution is 2.29. The molecule has 1 aliphatic heterocycles. The van der Waals surface area contributed by atoms with Gasteiger partial charge in [0.15, 0.2) is 0 Å². The van der Waals surface area contributed by atoms with Gasteiger partial charge in [0, 0.05) is 5.56 Å². The van der Waals surface area contributed by atoms with E-state index in [2.05, 4.69) is 19.9 Å². The fourth-order valence-corrected chi connectivity index (χ4v) is 2.70. The van der Waals surface area contributed by atoms with E-state index in [-0.39, 0.29) is 12.6 Å². The van der Waals surface area contributed by atoms with Gasteiger partial charge in [-0.3, -0.25) is 0 Å². The van der Waals surface area contributed by atoms with Crippen LogP contribution in [0.2, 0.25) is 0 Å². The number of hydrogen-bond donors (Lipinski definition) is 1. The summed E-state index contributed by atoms with van der Waals surface area (Å²) in [4.78, 5) is 4.73. The van der Waals surface area contributed by atoms with Crippen LogP contribution >= 0.6 is 0 Å². The summed E-state index contributed by atoms with van der Waals surface area (Å²) in [5, 5.41) is 9.59. The molecular weight excluding hydrogens is 274 g/mol. The lowest BCUT2D eigenvalue weighted by Crippen LogP contribution is -2.13. The summed E-state index contributed by atoms with van der Waals surface area (Å²) < 4.78 is 5.84. The molecule has 1 aliphatic rings. The third-order valence-electron chi connectivity index (χ3n) is 4.08. The molecule has 0 saturated heterocycles. The molecule has 0 radical (unpaired) electrons. The lowest BCUT2D eigenvalue weighted by Gasteiger charge is -2.12. The standard InChI is InChI=1S/C19H21NO2/c1-13(2)18-12-22-19(20-18)17-10-6-5-9-16(17)15-8-4-3-7-14(15)11-21/h3-10,13,18,21H,11-12H2,1-2H3/t18-/m1/s1. The highest BCUT2D eigenvalue weighted by Gasteiger charge is 2.24. The molecule has 0 amide bonds. The van der Waals surface area contributed by atoms with Crippen LogP contribution in [0.5, 0.6) is 0 Å². The number of nitrogens with zero attached hydrogens (tertiary/aromatic N) is 1. The van der Waals surface area contributed by atoms with Crippen LogP contribution in [0.1, 0.15) is 25.0 Å². The van der Waals surface area contributed by atoms with Gasteiger partial charge in [-0.25, -0.2) is 4.99 Å². The SMILES string of the molecule is CC(C)[C@H]1COC(c2ccccc2-c2ccccc2CO)=N1. The quantitative estimate of drug-likeness (QED) is 0.935. The van der Waals surface area contributed by atoms with E-state index < -0.39 is 0 Å². The minimum absolute atomic E-state index is 0.0203. The molecule has 3 nitrogen and oxygen atoms in total. The van der Waals surface area contributed by atoms with Crippen molar-refractivity contribution in [2.45, 2.75) is 26.5 Å². The van der Waals surface area contributed by atoms with Crippen molar-refractivity contribution in [3.8, 4) is 11.1 Å². The third-order valence-corrected chi connectivity index (χ3v) is 4.08. The normalized spacial score (nSPS) is 17.5. The zero-order chi connectivity index (χ0) is 15.5. The molecule has 0 fully saturated rings. The van der Waals surface area contributed by atoms with Gasteiger partial charge in [-0.05, 0) is 28.7 Å². The Bertz CT molecular complexity index is 691. The molecule has 0 aromatic heterocycles. The van der Waals surface area contributed by atoms with Gasteiger partial charge in [0.2, 0.25) is 5.90 Å². The zero-order valence-electron chi connectivity index (χ0n) is 13.0. The minimum atomic E-state index is 0.0203. The summed E-state index contributed by atoms with van der Waals surface area (Å²) in [5.41, 5.74) is 3.98. The van der Waals surface area contributed by atoms with Crippen LogP contribution in [0.4, 0.5) is 0 Å². The summed E-state index contributed by atoms with van der Waals surface area (Å²) in [6.07, 6.45) is 0. The van der Waals surface area contributed by atoms with E-state index in [0.29, 0.717) is 18.4 Å². The molecule has 3 rings (SSSR count). The van der Waals surface area contributed by atoms with Crippen LogP contribution in [-0.4, -0.2) is 23.7 Å². The third kappa shape index (κ3) is 2.77. The monoisotopic (exact) mass is 295 g/mol. The molecular formula is C19H21NO2. The lowest BCUT2D eigenvalue weighted by molar-refractivity contribution is 0.282. The van der Waals surface area contributed by atoms with Gasteiger partial charge in [0.05, 0.1) is 12.6 Å². The number of rotatable bonds is 4. The number of ether oxygens (including phenoxy) is 1. The maximum absolute atomic E-state index is 9.59. The second-order valence-corrected chi connectivity index (χ2v) is 5.92. The summed E-state index contributed by atoms with van der Waals surface area (Å²) in [5.74, 6) is 1.18. The van der Waals surface area contributed by atoms with E-state index in [0.717, 1.165) is 22.3 Å². The summed E-state index contributed by atoms with van der Waals surface area (Å²) in [6.45, 7) is 4.98. The van der Waals surface area contributed by atoms with Gasteiger partial charge >= 0.3 is 0 Å². The molecule has 1 atom stereocenters. The summed E-state index contributed by atoms with van der Waals surface area (Å²) in [7, 11) is 0. The maximum atomic E-state index is 9.59. The van der Waals surface area contributed by atoms with E-state index in [4.69, 9.17) is 9.73 Å². The Kier molecular flexibility index (Phi) is 4.25. The first-order chi connectivity index (χ1) is 10.7. The molecule has 1 heterocycles. The van der Waals surface area contributed by atoms with Gasteiger partial charge in [-0.15, -0.1) is 0 Å². The average molecular weight is 295 g/mol. The smallest absolute Gasteiger partial charge is 0.217 e. The first kappa shape index (κ1) is 14.8. The summed E-state index contributed by atoms with van der Waals surface area (Å²) >= 11 is 0. The van der Waals surface area contributed by atoms with E-state index >= 15 is 0 Å². The Labute approximate surface area is 131 Å². The van der Waals surface area contributed by atoms with E-state index in [1.807, 2.05) is 42.5 Å². The van der Waals surface area contributed by atoms with Gasteiger partial charge < -0.3 is 9.84 Å². The van der Waals surface area contributed by atoms with Crippen molar-refractivity contribution in [1.82, 2.24) is 0 Å². The number of aliphatic hydroxyl groups is 1. The first-order valence-corrected chi connectivity index (χ1v) is 7.70. The molecule has 2 aromatic carbocycles. The molecule has 0 aliphatic carbocycles. The van der Waals surface area contributed by atoms with Gasteiger partial charge in [0.25, 0.3) is 0 Å². The predicted molar refractivity (Wildman–Crippen MR) is 88.9 cm³/mol. The second kappa shape index (κ2) is 6.32. The number of benzene rings is 2. The fourth-order valence-electron chi connectivity index (χ4n) is 2.70. The van der Waals surface area contributed by atoms with Crippen LogP contribution < -0.4 is 0 Å². The van der Waals surface area contributed by atoms with Crippen LogP contribution in [-0.2, 0) is 11.3 Å². The number of aliphatic imine (C=N–C) groups is 1. The zero-order valence-corrected chi connectivity index (χ0v) is 13.0. The van der Waals surface area contributed by atoms with E-state index in [1.54, 1.807) is 0 Å². The predicted octanol–water partition coefficient (Wildman–Crippen LogP) is 3.65. The second-order valence-electron chi connectivity index (χ2n) is 5.92. The van der Waals surface area contributed by atoms with Crippen molar-refractivity contribution in [2.24, 2.45) is 10.9 Å². The Morgan fingerprint density at radius 2 is 1.68 bits per heavy atom. The van der Waals surface area contributed by atoms with Gasteiger partial charge in [-0.2, -0.15) is 0 Å². The lowest BCUT2D eigenvalue weighted by atomic mass is 9.95. The van der Waals surface area contributed by atoms with Gasteiger partial charge in [0.1, 0.15) is 6.61 Å². The molecule has 0 bridgehead atoms. The highest BCUT2D eigenvalue weighted by molar-refractivity contribution is 6.01. The van der Waals surface area contributed by atoms with Crippen LogP contribution in [0.3, 0.4) is 0 Å². The molecule has 0 unspecified atom stereocenters. The molecule has 114 valence electrons. The van der Waals surface area contributed by atoms with Crippen LogP contribution in [0.25, 0.3) is 11.1 Å². The number of hydrogen-bond acceptors (Lipinski definition) is 3. The fraction of sp³-hybridized carbons (Fsp3) is 0.316. The van der Waals surface area contributed by atoms with Crippen molar-refractivity contribution in [3.05, 3.63) is 59.7 Å². The van der Waals surface area contributed by atoms with Crippen molar-refractivity contribution >= 4 is 5.90 Å². The Hall–Kier alpha value is -2.13. The van der Waals surface area contributed by atoms with E-state index in [9.17, 15) is 5.11 Å².